The molecule has 0 amide bonds. The van der Waals surface area contributed by atoms with Crippen molar-refractivity contribution in [1.29, 1.82) is 0 Å². The summed E-state index contributed by atoms with van der Waals surface area (Å²) in [5.41, 5.74) is -0.495. The van der Waals surface area contributed by atoms with E-state index in [0.717, 1.165) is 28.9 Å². The molecule has 2 heterocycles. The Kier molecular flexibility index (Phi) is 6.81. The number of alkyl halides is 3. The Morgan fingerprint density at radius 3 is 2.57 bits per heavy atom. The summed E-state index contributed by atoms with van der Waals surface area (Å²) >= 11 is 2.59. The average molecular weight is 478 g/mol. The lowest BCUT2D eigenvalue weighted by molar-refractivity contribution is -0.138. The van der Waals surface area contributed by atoms with Crippen molar-refractivity contribution in [2.75, 3.05) is 19.1 Å². The Balaban J connectivity index is 1.96. The van der Waals surface area contributed by atoms with Gasteiger partial charge in [-0.3, -0.25) is 4.98 Å². The van der Waals surface area contributed by atoms with Crippen molar-refractivity contribution in [3.05, 3.63) is 47.8 Å². The molecule has 0 N–H and O–H groups in total. The topological polar surface area (TPSA) is 56.3 Å². The Morgan fingerprint density at radius 2 is 1.93 bits per heavy atom. The molecule has 0 aliphatic carbocycles. The smallest absolute Gasteiger partial charge is 0.372 e. The third kappa shape index (κ3) is 4.51. The van der Waals surface area contributed by atoms with E-state index < -0.39 is 32.4 Å². The predicted molar refractivity (Wildman–Crippen MR) is 113 cm³/mol. The first-order valence-corrected chi connectivity index (χ1v) is 13.1. The van der Waals surface area contributed by atoms with Crippen LogP contribution in [-0.4, -0.2) is 37.3 Å². The maximum Gasteiger partial charge on any atom is 0.417 e. The van der Waals surface area contributed by atoms with Crippen molar-refractivity contribution < 1.29 is 26.3 Å². The molecule has 3 rings (SSSR count). The van der Waals surface area contributed by atoms with Gasteiger partial charge in [0.05, 0.1) is 20.9 Å². The Hall–Kier alpha value is -1.23. The third-order valence-electron chi connectivity index (χ3n) is 5.30. The standard InChI is InChI=1S/C20H22F3NO3S3/c1-19(30(25,26)15-6-4-5-14(10-15)28-2)7-8-27-16(11-19)18-17(29-3)9-13(12-24-18)20(21,22)23/h4-6,9-10,12,16H,7-8,11H2,1-3H3. The second-order valence-corrected chi connectivity index (χ2v) is 11.4. The van der Waals surface area contributed by atoms with E-state index in [9.17, 15) is 21.6 Å². The molecule has 0 saturated carbocycles. The van der Waals surface area contributed by atoms with Crippen molar-refractivity contribution in [1.82, 2.24) is 4.98 Å². The zero-order chi connectivity index (χ0) is 22.2. The number of hydrogen-bond donors (Lipinski definition) is 0. The van der Waals surface area contributed by atoms with Gasteiger partial charge in [0, 0.05) is 22.6 Å². The molecule has 1 aromatic carbocycles. The first kappa shape index (κ1) is 23.4. The molecule has 10 heteroatoms. The monoisotopic (exact) mass is 477 g/mol. The van der Waals surface area contributed by atoms with Gasteiger partial charge in [-0.1, -0.05) is 6.07 Å². The SMILES string of the molecule is CSc1cccc(S(=O)(=O)C2(C)CCOC(c3ncc(C(F)(F)F)cc3SC)C2)c1. The van der Waals surface area contributed by atoms with E-state index >= 15 is 0 Å². The first-order valence-electron chi connectivity index (χ1n) is 9.13. The molecule has 0 bridgehead atoms. The fourth-order valence-electron chi connectivity index (χ4n) is 3.46. The summed E-state index contributed by atoms with van der Waals surface area (Å²) < 4.78 is 70.7. The minimum atomic E-state index is -4.50. The van der Waals surface area contributed by atoms with Gasteiger partial charge in [0.2, 0.25) is 0 Å². The molecule has 0 radical (unpaired) electrons. The highest BCUT2D eigenvalue weighted by Gasteiger charge is 2.46. The molecule has 1 aliphatic heterocycles. The largest absolute Gasteiger partial charge is 0.417 e. The average Bonchev–Trinajstić information content (AvgIpc) is 2.72. The molecule has 30 heavy (non-hydrogen) atoms. The van der Waals surface area contributed by atoms with Crippen LogP contribution in [0.15, 0.2) is 51.2 Å². The molecule has 4 nitrogen and oxygen atoms in total. The number of pyridine rings is 1. The molecule has 164 valence electrons. The number of sulfone groups is 1. The van der Waals surface area contributed by atoms with Gasteiger partial charge in [-0.25, -0.2) is 8.42 Å². The van der Waals surface area contributed by atoms with Crippen molar-refractivity contribution in [3.63, 3.8) is 0 Å². The molecule has 2 atom stereocenters. The van der Waals surface area contributed by atoms with Gasteiger partial charge in [0.15, 0.2) is 9.84 Å². The van der Waals surface area contributed by atoms with Crippen LogP contribution in [0.4, 0.5) is 13.2 Å². The van der Waals surface area contributed by atoms with Gasteiger partial charge in [-0.05, 0) is 56.5 Å². The lowest BCUT2D eigenvalue weighted by Crippen LogP contribution is -2.42. The Morgan fingerprint density at radius 1 is 1.20 bits per heavy atom. The Bertz CT molecular complexity index is 1030. The minimum absolute atomic E-state index is 0.116. The first-order chi connectivity index (χ1) is 14.0. The summed E-state index contributed by atoms with van der Waals surface area (Å²) in [6.45, 7) is 1.85. The van der Waals surface area contributed by atoms with Gasteiger partial charge in [0.25, 0.3) is 0 Å². The number of nitrogens with zero attached hydrogens (tertiary/aromatic N) is 1. The number of ether oxygens (including phenoxy) is 1. The van der Waals surface area contributed by atoms with Crippen LogP contribution in [0.5, 0.6) is 0 Å². The van der Waals surface area contributed by atoms with Crippen LogP contribution in [0.2, 0.25) is 0 Å². The quantitative estimate of drug-likeness (QED) is 0.521. The summed E-state index contributed by atoms with van der Waals surface area (Å²) in [4.78, 5) is 5.44. The van der Waals surface area contributed by atoms with Crippen molar-refractivity contribution in [2.24, 2.45) is 0 Å². The van der Waals surface area contributed by atoms with Crippen LogP contribution in [0.3, 0.4) is 0 Å². The van der Waals surface area contributed by atoms with Gasteiger partial charge < -0.3 is 4.74 Å². The van der Waals surface area contributed by atoms with E-state index in [2.05, 4.69) is 4.98 Å². The number of thioether (sulfide) groups is 2. The van der Waals surface area contributed by atoms with Gasteiger partial charge >= 0.3 is 6.18 Å². The molecule has 2 aromatic rings. The lowest BCUT2D eigenvalue weighted by atomic mass is 9.94. The van der Waals surface area contributed by atoms with Gasteiger partial charge in [-0.2, -0.15) is 13.2 Å². The predicted octanol–water partition coefficient (Wildman–Crippen LogP) is 5.63. The van der Waals surface area contributed by atoms with E-state index in [1.807, 2.05) is 12.3 Å². The fourth-order valence-corrected chi connectivity index (χ4v) is 6.46. The molecule has 1 saturated heterocycles. The van der Waals surface area contributed by atoms with Gasteiger partial charge in [-0.15, -0.1) is 23.5 Å². The molecule has 2 unspecified atom stereocenters. The number of benzene rings is 1. The highest BCUT2D eigenvalue weighted by Crippen LogP contribution is 2.44. The highest BCUT2D eigenvalue weighted by atomic mass is 32.2. The third-order valence-corrected chi connectivity index (χ3v) is 9.34. The van der Waals surface area contributed by atoms with Gasteiger partial charge in [0.1, 0.15) is 6.10 Å². The molecule has 1 fully saturated rings. The minimum Gasteiger partial charge on any atom is -0.372 e. The highest BCUT2D eigenvalue weighted by molar-refractivity contribution is 7.99. The second kappa shape index (κ2) is 8.72. The van der Waals surface area contributed by atoms with Crippen molar-refractivity contribution >= 4 is 33.4 Å². The lowest BCUT2D eigenvalue weighted by Gasteiger charge is -2.38. The zero-order valence-electron chi connectivity index (χ0n) is 16.7. The van der Waals surface area contributed by atoms with E-state index in [1.54, 1.807) is 31.4 Å². The number of aromatic nitrogens is 1. The van der Waals surface area contributed by atoms with E-state index in [-0.39, 0.29) is 17.9 Å². The zero-order valence-corrected chi connectivity index (χ0v) is 19.1. The molecular weight excluding hydrogens is 455 g/mol. The second-order valence-electron chi connectivity index (χ2n) is 7.26. The maximum atomic E-state index is 13.5. The van der Waals surface area contributed by atoms with Crippen molar-refractivity contribution in [2.45, 2.75) is 51.5 Å². The summed E-state index contributed by atoms with van der Waals surface area (Å²) in [6.07, 6.45) is -0.474. The maximum absolute atomic E-state index is 13.5. The van der Waals surface area contributed by atoms with Crippen LogP contribution in [0.25, 0.3) is 0 Å². The fraction of sp³-hybridized carbons (Fsp3) is 0.450. The van der Waals surface area contributed by atoms with Crippen molar-refractivity contribution in [3.8, 4) is 0 Å². The summed E-state index contributed by atoms with van der Waals surface area (Å²) in [5.74, 6) is 0. The van der Waals surface area contributed by atoms with E-state index in [0.29, 0.717) is 17.0 Å². The van der Waals surface area contributed by atoms with Crippen LogP contribution >= 0.6 is 23.5 Å². The summed E-state index contributed by atoms with van der Waals surface area (Å²) in [6, 6.07) is 7.82. The normalized spacial score (nSPS) is 22.8. The van der Waals surface area contributed by atoms with Crippen LogP contribution < -0.4 is 0 Å². The number of halogens is 3. The van der Waals surface area contributed by atoms with Crippen LogP contribution in [0.1, 0.15) is 37.1 Å². The van der Waals surface area contributed by atoms with E-state index in [4.69, 9.17) is 4.74 Å². The molecule has 1 aliphatic rings. The van der Waals surface area contributed by atoms with Crippen LogP contribution in [0, 0.1) is 0 Å². The number of hydrogen-bond acceptors (Lipinski definition) is 6. The molecule has 0 spiro atoms. The van der Waals surface area contributed by atoms with Crippen LogP contribution in [-0.2, 0) is 20.8 Å². The van der Waals surface area contributed by atoms with E-state index in [1.165, 1.54) is 11.8 Å². The molecule has 1 aromatic heterocycles. The Labute approximate surface area is 182 Å². The summed E-state index contributed by atoms with van der Waals surface area (Å²) in [7, 11) is -3.69. The number of rotatable bonds is 5. The summed E-state index contributed by atoms with van der Waals surface area (Å²) in [5, 5.41) is 0. The molecular formula is C20H22F3NO3S3.